The first kappa shape index (κ1) is 8.54. The number of nitriles is 1. The van der Waals surface area contributed by atoms with Gasteiger partial charge in [0, 0.05) is 12.7 Å². The quantitative estimate of drug-likeness (QED) is 0.680. The second-order valence-corrected chi connectivity index (χ2v) is 2.65. The van der Waals surface area contributed by atoms with Crippen LogP contribution in [0.25, 0.3) is 0 Å². The highest BCUT2D eigenvalue weighted by atomic mass is 15.0. The smallest absolute Gasteiger partial charge is 0.143 e. The van der Waals surface area contributed by atoms with Crippen molar-refractivity contribution in [3.63, 3.8) is 0 Å². The molecule has 0 radical (unpaired) electrons. The predicted octanol–water partition coefficient (Wildman–Crippen LogP) is 1.61. The molecule has 12 heavy (non-hydrogen) atoms. The summed E-state index contributed by atoms with van der Waals surface area (Å²) in [5, 5.41) is 11.6. The molecule has 0 unspecified atom stereocenters. The number of pyridine rings is 1. The molecule has 62 valence electrons. The Kier molecular flexibility index (Phi) is 2.29. The molecular formula is C9H11N3. The average molecular weight is 161 g/mol. The van der Waals surface area contributed by atoms with E-state index in [2.05, 4.69) is 16.4 Å². The van der Waals surface area contributed by atoms with E-state index in [1.54, 1.807) is 7.05 Å². The molecule has 0 atom stereocenters. The zero-order valence-electron chi connectivity index (χ0n) is 7.47. The van der Waals surface area contributed by atoms with Crippen LogP contribution >= 0.6 is 0 Å². The summed E-state index contributed by atoms with van der Waals surface area (Å²) in [5.41, 5.74) is 2.60. The van der Waals surface area contributed by atoms with Crippen LogP contribution in [-0.4, -0.2) is 12.0 Å². The lowest BCUT2D eigenvalue weighted by atomic mass is 10.1. The van der Waals surface area contributed by atoms with Gasteiger partial charge in [-0.25, -0.2) is 4.98 Å². The number of aromatic nitrogens is 1. The molecule has 0 amide bonds. The van der Waals surface area contributed by atoms with Crippen molar-refractivity contribution in [3.05, 3.63) is 22.9 Å². The molecule has 0 saturated heterocycles. The monoisotopic (exact) mass is 161 g/mol. The second kappa shape index (κ2) is 3.22. The second-order valence-electron chi connectivity index (χ2n) is 2.65. The van der Waals surface area contributed by atoms with Gasteiger partial charge in [0.1, 0.15) is 11.9 Å². The third kappa shape index (κ3) is 1.37. The first-order valence-electron chi connectivity index (χ1n) is 3.75. The molecule has 0 saturated carbocycles. The molecule has 0 aliphatic rings. The van der Waals surface area contributed by atoms with Gasteiger partial charge in [0.25, 0.3) is 0 Å². The maximum Gasteiger partial charge on any atom is 0.143 e. The Morgan fingerprint density at radius 3 is 2.67 bits per heavy atom. The zero-order valence-corrected chi connectivity index (χ0v) is 7.47. The van der Waals surface area contributed by atoms with E-state index in [1.807, 2.05) is 19.9 Å². The molecule has 1 heterocycles. The summed E-state index contributed by atoms with van der Waals surface area (Å²) in [5.74, 6) is 0.653. The summed E-state index contributed by atoms with van der Waals surface area (Å²) in [6, 6.07) is 3.93. The number of anilines is 1. The fourth-order valence-corrected chi connectivity index (χ4v) is 0.981. The van der Waals surface area contributed by atoms with Gasteiger partial charge < -0.3 is 5.32 Å². The number of nitrogens with zero attached hydrogens (tertiary/aromatic N) is 2. The molecule has 1 N–H and O–H groups in total. The molecule has 3 heteroatoms. The van der Waals surface area contributed by atoms with Crippen LogP contribution in [0.5, 0.6) is 0 Å². The lowest BCUT2D eigenvalue weighted by Gasteiger charge is -2.05. The molecule has 1 rings (SSSR count). The van der Waals surface area contributed by atoms with Crippen molar-refractivity contribution < 1.29 is 0 Å². The Bertz CT molecular complexity index is 336. The van der Waals surface area contributed by atoms with Crippen LogP contribution in [0.2, 0.25) is 0 Å². The van der Waals surface area contributed by atoms with Gasteiger partial charge in [-0.15, -0.1) is 0 Å². The van der Waals surface area contributed by atoms with Crippen molar-refractivity contribution in [2.45, 2.75) is 13.8 Å². The average Bonchev–Trinajstić information content (AvgIpc) is 2.09. The molecule has 1 aromatic heterocycles. The fourth-order valence-electron chi connectivity index (χ4n) is 0.981. The molecular weight excluding hydrogens is 150 g/mol. The van der Waals surface area contributed by atoms with E-state index in [4.69, 9.17) is 5.26 Å². The Balaban J connectivity index is 3.31. The van der Waals surface area contributed by atoms with Crippen molar-refractivity contribution in [3.8, 4) is 6.07 Å². The van der Waals surface area contributed by atoms with Crippen LogP contribution in [-0.2, 0) is 0 Å². The molecule has 3 nitrogen and oxygen atoms in total. The van der Waals surface area contributed by atoms with Crippen LogP contribution in [0.4, 0.5) is 5.82 Å². The number of rotatable bonds is 1. The Hall–Kier alpha value is -1.56. The molecule has 0 aliphatic carbocycles. The van der Waals surface area contributed by atoms with Gasteiger partial charge in [-0.05, 0) is 25.5 Å². The predicted molar refractivity (Wildman–Crippen MR) is 48.0 cm³/mol. The van der Waals surface area contributed by atoms with Crippen molar-refractivity contribution in [2.75, 3.05) is 12.4 Å². The first-order valence-corrected chi connectivity index (χ1v) is 3.75. The largest absolute Gasteiger partial charge is 0.372 e. The Morgan fingerprint density at radius 2 is 2.17 bits per heavy atom. The van der Waals surface area contributed by atoms with E-state index < -0.39 is 0 Å². The summed E-state index contributed by atoms with van der Waals surface area (Å²) in [6.45, 7) is 3.87. The van der Waals surface area contributed by atoms with E-state index in [-0.39, 0.29) is 0 Å². The zero-order chi connectivity index (χ0) is 9.14. The summed E-state index contributed by atoms with van der Waals surface area (Å²) in [7, 11) is 1.76. The number of nitrogens with one attached hydrogen (secondary N) is 1. The molecule has 1 aromatic rings. The third-order valence-electron chi connectivity index (χ3n) is 1.82. The summed E-state index contributed by atoms with van der Waals surface area (Å²) >= 11 is 0. The van der Waals surface area contributed by atoms with Gasteiger partial charge in [0.15, 0.2) is 0 Å². The van der Waals surface area contributed by atoms with Crippen molar-refractivity contribution in [1.82, 2.24) is 4.98 Å². The summed E-state index contributed by atoms with van der Waals surface area (Å²) in [4.78, 5) is 4.23. The van der Waals surface area contributed by atoms with Crippen LogP contribution in [0, 0.1) is 25.2 Å². The van der Waals surface area contributed by atoms with Crippen molar-refractivity contribution >= 4 is 5.82 Å². The van der Waals surface area contributed by atoms with E-state index >= 15 is 0 Å². The fraction of sp³-hybridized carbons (Fsp3) is 0.333. The van der Waals surface area contributed by atoms with Gasteiger partial charge in [-0.3, -0.25) is 0 Å². The summed E-state index contributed by atoms with van der Waals surface area (Å²) < 4.78 is 0. The summed E-state index contributed by atoms with van der Waals surface area (Å²) in [6.07, 6.45) is 0. The van der Waals surface area contributed by atoms with Crippen LogP contribution in [0.15, 0.2) is 6.07 Å². The minimum Gasteiger partial charge on any atom is -0.372 e. The van der Waals surface area contributed by atoms with E-state index in [0.717, 1.165) is 11.3 Å². The highest BCUT2D eigenvalue weighted by Crippen LogP contribution is 2.14. The van der Waals surface area contributed by atoms with Gasteiger partial charge in [0.05, 0.1) is 5.56 Å². The van der Waals surface area contributed by atoms with E-state index in [1.165, 1.54) is 0 Å². The Morgan fingerprint density at radius 1 is 1.50 bits per heavy atom. The van der Waals surface area contributed by atoms with E-state index in [0.29, 0.717) is 11.4 Å². The molecule has 0 aliphatic heterocycles. The molecule has 0 aromatic carbocycles. The maximum atomic E-state index is 8.73. The van der Waals surface area contributed by atoms with E-state index in [9.17, 15) is 0 Å². The highest BCUT2D eigenvalue weighted by molar-refractivity contribution is 5.53. The third-order valence-corrected chi connectivity index (χ3v) is 1.82. The highest BCUT2D eigenvalue weighted by Gasteiger charge is 2.03. The molecule has 0 spiro atoms. The Labute approximate surface area is 72.1 Å². The van der Waals surface area contributed by atoms with Crippen LogP contribution < -0.4 is 5.32 Å². The molecule has 0 bridgehead atoms. The topological polar surface area (TPSA) is 48.7 Å². The number of hydrogen-bond donors (Lipinski definition) is 1. The van der Waals surface area contributed by atoms with Gasteiger partial charge in [0.2, 0.25) is 0 Å². The maximum absolute atomic E-state index is 8.73. The lowest BCUT2D eigenvalue weighted by molar-refractivity contribution is 1.13. The normalized spacial score (nSPS) is 9.17. The standard InChI is InChI=1S/C9H11N3/c1-6-4-8(5-10)9(11-3)12-7(6)2/h4H,1-3H3,(H,11,12). The lowest BCUT2D eigenvalue weighted by Crippen LogP contribution is -1.99. The molecule has 0 fully saturated rings. The first-order chi connectivity index (χ1) is 5.69. The number of aryl methyl sites for hydroxylation is 2. The number of hydrogen-bond acceptors (Lipinski definition) is 3. The minimum absolute atomic E-state index is 0.598. The van der Waals surface area contributed by atoms with Gasteiger partial charge >= 0.3 is 0 Å². The van der Waals surface area contributed by atoms with Crippen molar-refractivity contribution in [2.24, 2.45) is 0 Å². The SMILES string of the molecule is CNc1nc(C)c(C)cc1C#N. The van der Waals surface area contributed by atoms with Crippen molar-refractivity contribution in [1.29, 1.82) is 5.26 Å². The van der Waals surface area contributed by atoms with Gasteiger partial charge in [-0.2, -0.15) is 5.26 Å². The van der Waals surface area contributed by atoms with Crippen LogP contribution in [0.1, 0.15) is 16.8 Å². The minimum atomic E-state index is 0.598. The van der Waals surface area contributed by atoms with Gasteiger partial charge in [-0.1, -0.05) is 0 Å². The van der Waals surface area contributed by atoms with Crippen LogP contribution in [0.3, 0.4) is 0 Å².